The zero-order valence-electron chi connectivity index (χ0n) is 8.71. The van der Waals surface area contributed by atoms with Gasteiger partial charge in [-0.15, -0.1) is 0 Å². The SMILES string of the molecule is Cc1ccc(C(O)C(O)CN=[N+]=[N-])c(F)c1. The van der Waals surface area contributed by atoms with Gasteiger partial charge in [-0.05, 0) is 24.1 Å². The molecule has 0 amide bonds. The van der Waals surface area contributed by atoms with E-state index >= 15 is 0 Å². The molecule has 0 heterocycles. The van der Waals surface area contributed by atoms with Gasteiger partial charge in [-0.1, -0.05) is 17.2 Å². The molecule has 2 atom stereocenters. The minimum absolute atomic E-state index is 0.00811. The molecule has 0 saturated carbocycles. The lowest BCUT2D eigenvalue weighted by atomic mass is 10.0. The van der Waals surface area contributed by atoms with Gasteiger partial charge in [0.15, 0.2) is 0 Å². The van der Waals surface area contributed by atoms with Gasteiger partial charge in [-0.2, -0.15) is 0 Å². The summed E-state index contributed by atoms with van der Waals surface area (Å²) in [4.78, 5) is 2.45. The summed E-state index contributed by atoms with van der Waals surface area (Å²) in [5.74, 6) is -0.590. The maximum Gasteiger partial charge on any atom is 0.129 e. The minimum atomic E-state index is -1.40. The van der Waals surface area contributed by atoms with Gasteiger partial charge in [0, 0.05) is 10.5 Å². The normalized spacial score (nSPS) is 14.0. The zero-order chi connectivity index (χ0) is 12.1. The molecule has 0 saturated heterocycles. The van der Waals surface area contributed by atoms with Crippen LogP contribution in [0.25, 0.3) is 10.4 Å². The van der Waals surface area contributed by atoms with Gasteiger partial charge in [-0.25, -0.2) is 4.39 Å². The Hall–Kier alpha value is -1.62. The van der Waals surface area contributed by atoms with Crippen molar-refractivity contribution < 1.29 is 14.6 Å². The van der Waals surface area contributed by atoms with Gasteiger partial charge in [0.05, 0.1) is 12.6 Å². The van der Waals surface area contributed by atoms with Crippen LogP contribution in [-0.4, -0.2) is 22.9 Å². The third-order valence-corrected chi connectivity index (χ3v) is 2.17. The van der Waals surface area contributed by atoms with Crippen molar-refractivity contribution in [3.63, 3.8) is 0 Å². The van der Waals surface area contributed by atoms with Crippen LogP contribution in [0, 0.1) is 12.7 Å². The van der Waals surface area contributed by atoms with Crippen LogP contribution in [0.5, 0.6) is 0 Å². The molecule has 0 aromatic heterocycles. The summed E-state index contributed by atoms with van der Waals surface area (Å²) in [7, 11) is 0. The molecule has 0 radical (unpaired) electrons. The first kappa shape index (κ1) is 12.4. The standard InChI is InChI=1S/C10H12FN3O2/c1-6-2-3-7(8(11)4-6)10(16)9(15)5-13-14-12/h2-4,9-10,15-16H,5H2,1H3. The number of aliphatic hydroxyl groups excluding tert-OH is 2. The zero-order valence-corrected chi connectivity index (χ0v) is 8.71. The Bertz CT molecular complexity index is 419. The maximum atomic E-state index is 13.4. The van der Waals surface area contributed by atoms with Crippen LogP contribution in [0.15, 0.2) is 23.3 Å². The fourth-order valence-corrected chi connectivity index (χ4v) is 1.30. The third kappa shape index (κ3) is 2.93. The van der Waals surface area contributed by atoms with Crippen LogP contribution in [0.1, 0.15) is 17.2 Å². The lowest BCUT2D eigenvalue weighted by Crippen LogP contribution is -2.22. The van der Waals surface area contributed by atoms with Gasteiger partial charge in [0.1, 0.15) is 11.9 Å². The first-order valence-corrected chi connectivity index (χ1v) is 4.69. The van der Waals surface area contributed by atoms with Crippen molar-refractivity contribution in [3.05, 3.63) is 45.6 Å². The van der Waals surface area contributed by atoms with E-state index in [4.69, 9.17) is 5.53 Å². The Morgan fingerprint density at radius 3 is 2.75 bits per heavy atom. The largest absolute Gasteiger partial charge is 0.390 e. The number of hydrogen-bond acceptors (Lipinski definition) is 3. The summed E-state index contributed by atoms with van der Waals surface area (Å²) in [5.41, 5.74) is 8.76. The van der Waals surface area contributed by atoms with Crippen molar-refractivity contribution in [2.75, 3.05) is 6.54 Å². The molecule has 5 nitrogen and oxygen atoms in total. The lowest BCUT2D eigenvalue weighted by Gasteiger charge is -2.17. The second-order valence-electron chi connectivity index (χ2n) is 3.45. The van der Waals surface area contributed by atoms with Crippen molar-refractivity contribution in [2.24, 2.45) is 5.11 Å². The summed E-state index contributed by atoms with van der Waals surface area (Å²) in [6.45, 7) is 1.42. The van der Waals surface area contributed by atoms with Crippen molar-refractivity contribution in [2.45, 2.75) is 19.1 Å². The Morgan fingerprint density at radius 2 is 2.19 bits per heavy atom. The van der Waals surface area contributed by atoms with E-state index < -0.39 is 18.0 Å². The molecule has 0 fully saturated rings. The van der Waals surface area contributed by atoms with Crippen LogP contribution in [-0.2, 0) is 0 Å². The van der Waals surface area contributed by atoms with E-state index in [0.29, 0.717) is 0 Å². The van der Waals surface area contributed by atoms with Crippen molar-refractivity contribution in [1.29, 1.82) is 0 Å². The highest BCUT2D eigenvalue weighted by Gasteiger charge is 2.20. The second kappa shape index (κ2) is 5.46. The first-order valence-electron chi connectivity index (χ1n) is 4.69. The lowest BCUT2D eigenvalue weighted by molar-refractivity contribution is 0.0222. The summed E-state index contributed by atoms with van der Waals surface area (Å²) in [5, 5.41) is 22.1. The molecule has 86 valence electrons. The highest BCUT2D eigenvalue weighted by molar-refractivity contribution is 5.25. The van der Waals surface area contributed by atoms with Crippen molar-refractivity contribution in [1.82, 2.24) is 0 Å². The van der Waals surface area contributed by atoms with E-state index in [1.165, 1.54) is 12.1 Å². The van der Waals surface area contributed by atoms with E-state index in [9.17, 15) is 14.6 Å². The summed E-state index contributed by atoms with van der Waals surface area (Å²) in [6, 6.07) is 4.29. The first-order chi connectivity index (χ1) is 7.56. The molecule has 1 rings (SSSR count). The average molecular weight is 225 g/mol. The number of rotatable bonds is 4. The number of halogens is 1. The highest BCUT2D eigenvalue weighted by Crippen LogP contribution is 2.21. The van der Waals surface area contributed by atoms with Crippen LogP contribution in [0.2, 0.25) is 0 Å². The number of benzene rings is 1. The van der Waals surface area contributed by atoms with E-state index in [1.807, 2.05) is 0 Å². The Kier molecular flexibility index (Phi) is 4.25. The molecule has 16 heavy (non-hydrogen) atoms. The quantitative estimate of drug-likeness (QED) is 0.465. The Balaban J connectivity index is 2.86. The molecule has 1 aromatic carbocycles. The number of nitrogens with zero attached hydrogens (tertiary/aromatic N) is 3. The van der Waals surface area contributed by atoms with E-state index in [0.717, 1.165) is 5.56 Å². The summed E-state index contributed by atoms with van der Waals surface area (Å²) >= 11 is 0. The number of hydrogen-bond donors (Lipinski definition) is 2. The van der Waals surface area contributed by atoms with E-state index in [1.54, 1.807) is 13.0 Å². The van der Waals surface area contributed by atoms with Crippen molar-refractivity contribution in [3.8, 4) is 0 Å². The smallest absolute Gasteiger partial charge is 0.129 e. The van der Waals surface area contributed by atoms with Crippen LogP contribution in [0.3, 0.4) is 0 Å². The molecule has 0 bridgehead atoms. The van der Waals surface area contributed by atoms with Crippen LogP contribution >= 0.6 is 0 Å². The van der Waals surface area contributed by atoms with Crippen LogP contribution < -0.4 is 0 Å². The molecule has 0 spiro atoms. The highest BCUT2D eigenvalue weighted by atomic mass is 19.1. The van der Waals surface area contributed by atoms with E-state index in [2.05, 4.69) is 10.0 Å². The molecule has 2 unspecified atom stereocenters. The van der Waals surface area contributed by atoms with Crippen molar-refractivity contribution >= 4 is 0 Å². The van der Waals surface area contributed by atoms with Crippen LogP contribution in [0.4, 0.5) is 4.39 Å². The second-order valence-corrected chi connectivity index (χ2v) is 3.45. The fourth-order valence-electron chi connectivity index (χ4n) is 1.30. The summed E-state index contributed by atoms with van der Waals surface area (Å²) in [6.07, 6.45) is -2.71. The predicted molar refractivity (Wildman–Crippen MR) is 56.1 cm³/mol. The fraction of sp³-hybridized carbons (Fsp3) is 0.400. The summed E-state index contributed by atoms with van der Waals surface area (Å²) < 4.78 is 13.4. The Labute approximate surface area is 91.8 Å². The monoisotopic (exact) mass is 225 g/mol. The molecule has 1 aromatic rings. The number of aryl methyl sites for hydroxylation is 1. The molecular formula is C10H12FN3O2. The average Bonchev–Trinajstić information content (AvgIpc) is 2.25. The Morgan fingerprint density at radius 1 is 1.50 bits per heavy atom. The molecular weight excluding hydrogens is 213 g/mol. The van der Waals surface area contributed by atoms with E-state index in [-0.39, 0.29) is 12.1 Å². The molecule has 2 N–H and O–H groups in total. The molecule has 0 aliphatic carbocycles. The number of azide groups is 1. The third-order valence-electron chi connectivity index (χ3n) is 2.17. The number of aliphatic hydroxyl groups is 2. The maximum absolute atomic E-state index is 13.4. The van der Waals surface area contributed by atoms with Gasteiger partial charge >= 0.3 is 0 Å². The minimum Gasteiger partial charge on any atom is -0.390 e. The molecule has 6 heteroatoms. The van der Waals surface area contributed by atoms with Gasteiger partial charge < -0.3 is 10.2 Å². The van der Waals surface area contributed by atoms with Gasteiger partial charge in [-0.3, -0.25) is 0 Å². The topological polar surface area (TPSA) is 89.2 Å². The van der Waals surface area contributed by atoms with Gasteiger partial charge in [0.25, 0.3) is 0 Å². The van der Waals surface area contributed by atoms with Gasteiger partial charge in [0.2, 0.25) is 0 Å². The molecule has 0 aliphatic rings. The molecule has 0 aliphatic heterocycles. The predicted octanol–water partition coefficient (Wildman–Crippen LogP) is 1.84.